The Labute approximate surface area is 204 Å². The van der Waals surface area contributed by atoms with Gasteiger partial charge < -0.3 is 10.2 Å². The van der Waals surface area contributed by atoms with Crippen molar-refractivity contribution in [1.29, 1.82) is 0 Å². The van der Waals surface area contributed by atoms with Crippen molar-refractivity contribution >= 4 is 39.5 Å². The maximum absolute atomic E-state index is 13.2. The number of hydrogen-bond acceptors (Lipinski definition) is 3. The number of halogens is 1. The van der Waals surface area contributed by atoms with E-state index >= 15 is 0 Å². The average Bonchev–Trinajstić information content (AvgIpc) is 2.82. The predicted molar refractivity (Wildman–Crippen MR) is 136 cm³/mol. The minimum absolute atomic E-state index is 0.0276. The van der Waals surface area contributed by atoms with Gasteiger partial charge in [-0.2, -0.15) is 11.8 Å². The molecular formula is C26H33BrN2O2S. The molecule has 0 radical (unpaired) electrons. The van der Waals surface area contributed by atoms with Crippen LogP contribution in [0.4, 0.5) is 0 Å². The van der Waals surface area contributed by atoms with Gasteiger partial charge in [0.25, 0.3) is 0 Å². The summed E-state index contributed by atoms with van der Waals surface area (Å²) in [6.45, 7) is 2.29. The third-order valence-electron chi connectivity index (χ3n) is 5.96. The van der Waals surface area contributed by atoms with Crippen molar-refractivity contribution in [3.63, 3.8) is 0 Å². The second kappa shape index (κ2) is 13.0. The van der Waals surface area contributed by atoms with E-state index in [2.05, 4.69) is 33.4 Å². The molecule has 1 unspecified atom stereocenters. The molecular weight excluding hydrogens is 484 g/mol. The van der Waals surface area contributed by atoms with Crippen LogP contribution in [0.25, 0.3) is 0 Å². The molecule has 6 heteroatoms. The molecule has 3 rings (SSSR count). The minimum atomic E-state index is -0.493. The minimum Gasteiger partial charge on any atom is -0.352 e. The molecule has 0 aromatic heterocycles. The first-order valence-corrected chi connectivity index (χ1v) is 13.4. The lowest BCUT2D eigenvalue weighted by Crippen LogP contribution is -2.50. The van der Waals surface area contributed by atoms with Gasteiger partial charge in [0, 0.05) is 35.0 Å². The van der Waals surface area contributed by atoms with Crippen LogP contribution in [-0.2, 0) is 21.9 Å². The zero-order valence-electron chi connectivity index (χ0n) is 18.8. The van der Waals surface area contributed by atoms with E-state index in [-0.39, 0.29) is 17.9 Å². The van der Waals surface area contributed by atoms with Gasteiger partial charge in [-0.15, -0.1) is 0 Å². The van der Waals surface area contributed by atoms with Crippen LogP contribution >= 0.6 is 27.7 Å². The van der Waals surface area contributed by atoms with Crippen LogP contribution < -0.4 is 5.32 Å². The van der Waals surface area contributed by atoms with Crippen molar-refractivity contribution in [2.75, 3.05) is 5.75 Å². The molecule has 2 aromatic rings. The Kier molecular flexibility index (Phi) is 10.1. The fourth-order valence-electron chi connectivity index (χ4n) is 4.01. The van der Waals surface area contributed by atoms with Gasteiger partial charge in [-0.1, -0.05) is 77.7 Å². The predicted octanol–water partition coefficient (Wildman–Crippen LogP) is 5.94. The molecule has 0 aliphatic heterocycles. The molecule has 2 amide bonds. The monoisotopic (exact) mass is 516 g/mol. The molecule has 1 aliphatic rings. The van der Waals surface area contributed by atoms with Crippen molar-refractivity contribution in [3.05, 3.63) is 70.2 Å². The van der Waals surface area contributed by atoms with E-state index in [9.17, 15) is 9.59 Å². The zero-order valence-corrected chi connectivity index (χ0v) is 21.2. The lowest BCUT2D eigenvalue weighted by atomic mass is 9.95. The first-order chi connectivity index (χ1) is 15.5. The van der Waals surface area contributed by atoms with Crippen molar-refractivity contribution in [2.45, 2.75) is 69.8 Å². The highest BCUT2D eigenvalue weighted by atomic mass is 79.9. The third kappa shape index (κ3) is 7.96. The van der Waals surface area contributed by atoms with Crippen LogP contribution in [-0.4, -0.2) is 34.6 Å². The van der Waals surface area contributed by atoms with E-state index in [0.717, 1.165) is 34.4 Å². The van der Waals surface area contributed by atoms with Crippen LogP contribution in [0.3, 0.4) is 0 Å². The van der Waals surface area contributed by atoms with Crippen LogP contribution in [0.5, 0.6) is 0 Å². The summed E-state index contributed by atoms with van der Waals surface area (Å²) in [5.74, 6) is 1.61. The largest absolute Gasteiger partial charge is 0.352 e. The summed E-state index contributed by atoms with van der Waals surface area (Å²) >= 11 is 5.22. The highest BCUT2D eigenvalue weighted by molar-refractivity contribution is 9.10. The fraction of sp³-hybridized carbons (Fsp3) is 0.462. The van der Waals surface area contributed by atoms with Gasteiger partial charge in [0.05, 0.1) is 0 Å². The maximum Gasteiger partial charge on any atom is 0.242 e. The van der Waals surface area contributed by atoms with Crippen molar-refractivity contribution in [3.8, 4) is 0 Å². The first-order valence-electron chi connectivity index (χ1n) is 11.5. The smallest absolute Gasteiger partial charge is 0.242 e. The highest BCUT2D eigenvalue weighted by Crippen LogP contribution is 2.20. The Morgan fingerprint density at radius 3 is 2.41 bits per heavy atom. The number of rotatable bonds is 10. The number of thioether (sulfide) groups is 1. The summed E-state index contributed by atoms with van der Waals surface area (Å²) in [4.78, 5) is 27.9. The van der Waals surface area contributed by atoms with Gasteiger partial charge in [-0.3, -0.25) is 9.59 Å². The molecule has 1 atom stereocenters. The van der Waals surface area contributed by atoms with Crippen LogP contribution in [0.1, 0.15) is 56.6 Å². The van der Waals surface area contributed by atoms with Crippen molar-refractivity contribution in [1.82, 2.24) is 10.2 Å². The number of benzene rings is 2. The number of nitrogens with zero attached hydrogens (tertiary/aromatic N) is 1. The van der Waals surface area contributed by atoms with Gasteiger partial charge >= 0.3 is 0 Å². The summed E-state index contributed by atoms with van der Waals surface area (Å²) in [6.07, 6.45) is 6.08. The van der Waals surface area contributed by atoms with Gasteiger partial charge in [0.1, 0.15) is 6.04 Å². The van der Waals surface area contributed by atoms with Crippen molar-refractivity contribution in [2.24, 2.45) is 0 Å². The lowest BCUT2D eigenvalue weighted by molar-refractivity contribution is -0.140. The number of hydrogen-bond donors (Lipinski definition) is 1. The van der Waals surface area contributed by atoms with Gasteiger partial charge in [-0.25, -0.2) is 0 Å². The standard InChI is InChI=1S/C26H33BrN2O2S/c1-20(26(31)28-24-10-6-3-7-11-24)29(18-21-12-14-23(27)15-13-21)25(30)16-17-32-19-22-8-4-2-5-9-22/h2,4-5,8-9,12-15,20,24H,3,6-7,10-11,16-19H2,1H3,(H,28,31). The normalized spacial score (nSPS) is 15.2. The van der Waals surface area contributed by atoms with E-state index in [4.69, 9.17) is 0 Å². The van der Waals surface area contributed by atoms with Crippen LogP contribution in [0.2, 0.25) is 0 Å². The van der Waals surface area contributed by atoms with Crippen LogP contribution in [0, 0.1) is 0 Å². The number of amides is 2. The first kappa shape index (κ1) is 24.8. The molecule has 0 heterocycles. The van der Waals surface area contributed by atoms with Crippen LogP contribution in [0.15, 0.2) is 59.1 Å². The Morgan fingerprint density at radius 1 is 1.03 bits per heavy atom. The van der Waals surface area contributed by atoms with E-state index in [1.165, 1.54) is 24.8 Å². The summed E-state index contributed by atoms with van der Waals surface area (Å²) in [7, 11) is 0. The molecule has 1 saturated carbocycles. The summed E-state index contributed by atoms with van der Waals surface area (Å²) < 4.78 is 1.000. The molecule has 0 bridgehead atoms. The third-order valence-corrected chi connectivity index (χ3v) is 7.52. The topological polar surface area (TPSA) is 49.4 Å². The van der Waals surface area contributed by atoms with Gasteiger partial charge in [-0.05, 0) is 43.0 Å². The second-order valence-corrected chi connectivity index (χ2v) is 10.5. The lowest BCUT2D eigenvalue weighted by Gasteiger charge is -2.31. The number of carbonyl (C=O) groups excluding carboxylic acids is 2. The highest BCUT2D eigenvalue weighted by Gasteiger charge is 2.27. The SMILES string of the molecule is CC(C(=O)NC1CCCCC1)N(Cc1ccc(Br)cc1)C(=O)CCSCc1ccccc1. The summed E-state index contributed by atoms with van der Waals surface area (Å²) in [5, 5.41) is 3.19. The molecule has 0 spiro atoms. The summed E-state index contributed by atoms with van der Waals surface area (Å²) in [5.41, 5.74) is 2.28. The average molecular weight is 518 g/mol. The Bertz CT molecular complexity index is 854. The Morgan fingerprint density at radius 2 is 1.72 bits per heavy atom. The maximum atomic E-state index is 13.2. The second-order valence-electron chi connectivity index (χ2n) is 8.46. The van der Waals surface area contributed by atoms with Gasteiger partial charge in [0.15, 0.2) is 0 Å². The Balaban J connectivity index is 1.59. The van der Waals surface area contributed by atoms with E-state index in [1.807, 2.05) is 49.4 Å². The van der Waals surface area contributed by atoms with E-state index in [0.29, 0.717) is 13.0 Å². The van der Waals surface area contributed by atoms with E-state index < -0.39 is 6.04 Å². The Hall–Kier alpha value is -1.79. The molecule has 1 aliphatic carbocycles. The van der Waals surface area contributed by atoms with E-state index in [1.54, 1.807) is 16.7 Å². The quantitative estimate of drug-likeness (QED) is 0.397. The number of carbonyl (C=O) groups is 2. The van der Waals surface area contributed by atoms with Gasteiger partial charge in [0.2, 0.25) is 11.8 Å². The molecule has 172 valence electrons. The molecule has 0 saturated heterocycles. The molecule has 1 fully saturated rings. The summed E-state index contributed by atoms with van der Waals surface area (Å²) in [6, 6.07) is 18.0. The zero-order chi connectivity index (χ0) is 22.8. The van der Waals surface area contributed by atoms with Crippen molar-refractivity contribution < 1.29 is 9.59 Å². The number of nitrogens with one attached hydrogen (secondary N) is 1. The molecule has 2 aromatic carbocycles. The fourth-order valence-corrected chi connectivity index (χ4v) is 5.16. The molecule has 1 N–H and O–H groups in total. The molecule has 4 nitrogen and oxygen atoms in total. The molecule has 32 heavy (non-hydrogen) atoms.